The zero-order chi connectivity index (χ0) is 12.7. The van der Waals surface area contributed by atoms with E-state index in [1.807, 2.05) is 29.3 Å². The zero-order valence-electron chi connectivity index (χ0n) is 10.4. The normalized spacial score (nSPS) is 12.4. The summed E-state index contributed by atoms with van der Waals surface area (Å²) in [6, 6.07) is 4.04. The van der Waals surface area contributed by atoms with Crippen LogP contribution in [-0.2, 0) is 16.1 Å². The van der Waals surface area contributed by atoms with E-state index < -0.39 is 0 Å². The second-order valence-electron chi connectivity index (χ2n) is 3.78. The van der Waals surface area contributed by atoms with Gasteiger partial charge in [-0.3, -0.25) is 4.79 Å². The van der Waals surface area contributed by atoms with Gasteiger partial charge >= 0.3 is 0 Å². The number of hydrogen-bond donors (Lipinski definition) is 1. The molecular weight excluding hydrogens is 236 g/mol. The van der Waals surface area contributed by atoms with Gasteiger partial charge in [-0.2, -0.15) is 0 Å². The summed E-state index contributed by atoms with van der Waals surface area (Å²) in [6.07, 6.45) is 0.173. The van der Waals surface area contributed by atoms with Crippen molar-refractivity contribution in [2.45, 2.75) is 26.0 Å². The number of hydrogen-bond acceptors (Lipinski definition) is 4. The first-order chi connectivity index (χ1) is 8.21. The van der Waals surface area contributed by atoms with Crippen molar-refractivity contribution in [3.8, 4) is 0 Å². The van der Waals surface area contributed by atoms with Crippen molar-refractivity contribution >= 4 is 17.2 Å². The fraction of sp³-hybridized carbons (Fsp3) is 0.583. The van der Waals surface area contributed by atoms with Crippen molar-refractivity contribution in [2.75, 3.05) is 20.2 Å². The first-order valence-electron chi connectivity index (χ1n) is 5.74. The molecule has 0 fully saturated rings. The lowest BCUT2D eigenvalue weighted by Gasteiger charge is -2.22. The van der Waals surface area contributed by atoms with Gasteiger partial charge in [0.25, 0.3) is 0 Å². The standard InChI is InChI=1S/C12H20N2O2S/c1-3-14(9-11-5-4-6-17-11)12(15)7-10(8-13)16-2/h4-6,10H,3,7-9,13H2,1-2H3. The van der Waals surface area contributed by atoms with Gasteiger partial charge in [-0.1, -0.05) is 6.07 Å². The Labute approximate surface area is 106 Å². The number of carbonyl (C=O) groups excluding carboxylic acids is 1. The third-order valence-corrected chi connectivity index (χ3v) is 3.52. The summed E-state index contributed by atoms with van der Waals surface area (Å²) in [4.78, 5) is 15.0. The highest BCUT2D eigenvalue weighted by atomic mass is 32.1. The average molecular weight is 256 g/mol. The van der Waals surface area contributed by atoms with Crippen LogP contribution in [0.3, 0.4) is 0 Å². The van der Waals surface area contributed by atoms with E-state index in [1.165, 1.54) is 4.88 Å². The quantitative estimate of drug-likeness (QED) is 0.803. The summed E-state index contributed by atoms with van der Waals surface area (Å²) >= 11 is 1.66. The van der Waals surface area contributed by atoms with Crippen LogP contribution in [0.2, 0.25) is 0 Å². The van der Waals surface area contributed by atoms with Crippen LogP contribution in [0.25, 0.3) is 0 Å². The first kappa shape index (κ1) is 14.2. The van der Waals surface area contributed by atoms with E-state index in [2.05, 4.69) is 0 Å². The summed E-state index contributed by atoms with van der Waals surface area (Å²) < 4.78 is 5.13. The van der Waals surface area contributed by atoms with Gasteiger partial charge in [-0.15, -0.1) is 11.3 Å². The van der Waals surface area contributed by atoms with E-state index in [0.29, 0.717) is 26.1 Å². The minimum absolute atomic E-state index is 0.0956. The molecule has 0 aliphatic rings. The lowest BCUT2D eigenvalue weighted by atomic mass is 10.2. The van der Waals surface area contributed by atoms with E-state index in [-0.39, 0.29) is 12.0 Å². The predicted molar refractivity (Wildman–Crippen MR) is 69.9 cm³/mol. The molecule has 2 N–H and O–H groups in total. The van der Waals surface area contributed by atoms with Gasteiger partial charge in [0.15, 0.2) is 0 Å². The molecule has 0 saturated carbocycles. The van der Waals surface area contributed by atoms with Crippen LogP contribution in [0.1, 0.15) is 18.2 Å². The van der Waals surface area contributed by atoms with Crippen molar-refractivity contribution in [3.63, 3.8) is 0 Å². The highest BCUT2D eigenvalue weighted by Crippen LogP contribution is 2.13. The molecule has 1 amide bonds. The Hall–Kier alpha value is -0.910. The number of thiophene rings is 1. The van der Waals surface area contributed by atoms with Crippen LogP contribution in [0, 0.1) is 0 Å². The molecule has 0 spiro atoms. The van der Waals surface area contributed by atoms with Gasteiger partial charge < -0.3 is 15.4 Å². The lowest BCUT2D eigenvalue weighted by Crippen LogP contribution is -2.35. The van der Waals surface area contributed by atoms with Crippen LogP contribution in [-0.4, -0.2) is 37.1 Å². The van der Waals surface area contributed by atoms with E-state index >= 15 is 0 Å². The molecule has 1 heterocycles. The molecule has 0 saturated heterocycles. The highest BCUT2D eigenvalue weighted by molar-refractivity contribution is 7.09. The van der Waals surface area contributed by atoms with Crippen LogP contribution in [0.4, 0.5) is 0 Å². The Balaban J connectivity index is 2.52. The van der Waals surface area contributed by atoms with Gasteiger partial charge in [-0.25, -0.2) is 0 Å². The lowest BCUT2D eigenvalue weighted by molar-refractivity contribution is -0.134. The molecule has 1 rings (SSSR count). The van der Waals surface area contributed by atoms with Gasteiger partial charge in [0.2, 0.25) is 5.91 Å². The molecule has 0 aliphatic carbocycles. The Morgan fingerprint density at radius 3 is 2.88 bits per heavy atom. The Kier molecular flexibility index (Phi) is 6.18. The average Bonchev–Trinajstić information content (AvgIpc) is 2.85. The topological polar surface area (TPSA) is 55.6 Å². The molecule has 1 aromatic rings. The predicted octanol–water partition coefficient (Wildman–Crippen LogP) is 1.46. The molecule has 0 aromatic carbocycles. The minimum atomic E-state index is -0.181. The Morgan fingerprint density at radius 2 is 2.41 bits per heavy atom. The monoisotopic (exact) mass is 256 g/mol. The third-order valence-electron chi connectivity index (χ3n) is 2.66. The van der Waals surface area contributed by atoms with Crippen molar-refractivity contribution in [1.82, 2.24) is 4.90 Å². The van der Waals surface area contributed by atoms with Crippen molar-refractivity contribution < 1.29 is 9.53 Å². The third kappa shape index (κ3) is 4.46. The van der Waals surface area contributed by atoms with Crippen molar-refractivity contribution in [2.24, 2.45) is 5.73 Å². The highest BCUT2D eigenvalue weighted by Gasteiger charge is 2.17. The Bertz CT molecular complexity index is 323. The zero-order valence-corrected chi connectivity index (χ0v) is 11.2. The van der Waals surface area contributed by atoms with E-state index in [9.17, 15) is 4.79 Å². The Morgan fingerprint density at radius 1 is 1.65 bits per heavy atom. The molecule has 0 aliphatic heterocycles. The number of carbonyl (C=O) groups is 1. The largest absolute Gasteiger partial charge is 0.380 e. The van der Waals surface area contributed by atoms with Crippen LogP contribution in [0.15, 0.2) is 17.5 Å². The number of methoxy groups -OCH3 is 1. The molecule has 1 unspecified atom stereocenters. The first-order valence-corrected chi connectivity index (χ1v) is 6.62. The molecular formula is C12H20N2O2S. The van der Waals surface area contributed by atoms with Gasteiger partial charge in [0.05, 0.1) is 19.1 Å². The number of rotatable bonds is 7. The molecule has 0 bridgehead atoms. The van der Waals surface area contributed by atoms with Gasteiger partial charge in [0.1, 0.15) is 0 Å². The molecule has 0 radical (unpaired) electrons. The molecule has 5 heteroatoms. The second kappa shape index (κ2) is 7.42. The second-order valence-corrected chi connectivity index (χ2v) is 4.82. The van der Waals surface area contributed by atoms with Crippen LogP contribution < -0.4 is 5.73 Å². The summed E-state index contributed by atoms with van der Waals surface area (Å²) in [5.41, 5.74) is 5.52. The van der Waals surface area contributed by atoms with E-state index in [4.69, 9.17) is 10.5 Å². The molecule has 1 atom stereocenters. The van der Waals surface area contributed by atoms with Crippen LogP contribution in [0.5, 0.6) is 0 Å². The summed E-state index contributed by atoms with van der Waals surface area (Å²) in [5, 5.41) is 2.02. The molecule has 1 aromatic heterocycles. The fourth-order valence-electron chi connectivity index (χ4n) is 1.55. The summed E-state index contributed by atoms with van der Waals surface area (Å²) in [7, 11) is 1.58. The van der Waals surface area contributed by atoms with E-state index in [0.717, 1.165) is 0 Å². The van der Waals surface area contributed by atoms with Crippen molar-refractivity contribution in [1.29, 1.82) is 0 Å². The SMILES string of the molecule is CCN(Cc1cccs1)C(=O)CC(CN)OC. The fourth-order valence-corrected chi connectivity index (χ4v) is 2.27. The van der Waals surface area contributed by atoms with Crippen LogP contribution >= 0.6 is 11.3 Å². The maximum atomic E-state index is 12.0. The summed E-state index contributed by atoms with van der Waals surface area (Å²) in [5.74, 6) is 0.0956. The molecule has 17 heavy (non-hydrogen) atoms. The number of nitrogens with zero attached hydrogens (tertiary/aromatic N) is 1. The molecule has 96 valence electrons. The van der Waals surface area contributed by atoms with Gasteiger partial charge in [0, 0.05) is 25.1 Å². The number of nitrogens with two attached hydrogens (primary N) is 1. The maximum absolute atomic E-state index is 12.0. The smallest absolute Gasteiger partial charge is 0.225 e. The molecule has 4 nitrogen and oxygen atoms in total. The van der Waals surface area contributed by atoms with E-state index in [1.54, 1.807) is 18.4 Å². The number of amides is 1. The maximum Gasteiger partial charge on any atom is 0.225 e. The van der Waals surface area contributed by atoms with Crippen molar-refractivity contribution in [3.05, 3.63) is 22.4 Å². The summed E-state index contributed by atoms with van der Waals surface area (Å²) in [6.45, 7) is 3.74. The number of ether oxygens (including phenoxy) is 1. The minimum Gasteiger partial charge on any atom is -0.380 e. The van der Waals surface area contributed by atoms with Gasteiger partial charge in [-0.05, 0) is 18.4 Å².